The molecular weight excluding hydrogens is 224 g/mol. The van der Waals surface area contributed by atoms with Gasteiger partial charge in [0.25, 0.3) is 0 Å². The Morgan fingerprint density at radius 2 is 2.17 bits per heavy atom. The fourth-order valence-electron chi connectivity index (χ4n) is 3.42. The lowest BCUT2D eigenvalue weighted by atomic mass is 9.87. The van der Waals surface area contributed by atoms with E-state index < -0.39 is 0 Å². The minimum atomic E-state index is 0.102. The van der Waals surface area contributed by atoms with Crippen LogP contribution < -0.4 is 5.32 Å². The molecule has 0 radical (unpaired) electrons. The summed E-state index contributed by atoms with van der Waals surface area (Å²) in [6.07, 6.45) is 4.75. The summed E-state index contributed by atoms with van der Waals surface area (Å²) in [5, 5.41) is 3.91. The minimum Gasteiger partial charge on any atom is -0.375 e. The molecule has 0 saturated carbocycles. The molecule has 0 spiro atoms. The van der Waals surface area contributed by atoms with Crippen LogP contribution in [0.5, 0.6) is 0 Å². The minimum absolute atomic E-state index is 0.102. The summed E-state index contributed by atoms with van der Waals surface area (Å²) in [6, 6.07) is 1.35. The van der Waals surface area contributed by atoms with E-state index in [1.165, 1.54) is 32.4 Å². The Bertz CT molecular complexity index is 271. The Morgan fingerprint density at radius 1 is 1.39 bits per heavy atom. The zero-order valence-corrected chi connectivity index (χ0v) is 12.5. The van der Waals surface area contributed by atoms with Crippen LogP contribution in [0.25, 0.3) is 0 Å². The second-order valence-electron chi connectivity index (χ2n) is 6.64. The van der Waals surface area contributed by atoms with Crippen molar-refractivity contribution in [2.24, 2.45) is 5.92 Å². The second kappa shape index (κ2) is 5.89. The van der Waals surface area contributed by atoms with Crippen LogP contribution >= 0.6 is 0 Å². The summed E-state index contributed by atoms with van der Waals surface area (Å²) in [5.41, 5.74) is 0.102. The van der Waals surface area contributed by atoms with Crippen molar-refractivity contribution in [1.82, 2.24) is 10.2 Å². The summed E-state index contributed by atoms with van der Waals surface area (Å²) < 4.78 is 5.93. The van der Waals surface area contributed by atoms with Crippen LogP contribution in [0, 0.1) is 5.92 Å². The molecule has 2 fully saturated rings. The van der Waals surface area contributed by atoms with Crippen molar-refractivity contribution in [3.63, 3.8) is 0 Å². The molecule has 0 amide bonds. The van der Waals surface area contributed by atoms with Gasteiger partial charge in [-0.25, -0.2) is 0 Å². The fraction of sp³-hybridized carbons (Fsp3) is 1.00. The lowest BCUT2D eigenvalue weighted by Gasteiger charge is -2.42. The quantitative estimate of drug-likeness (QED) is 0.836. The van der Waals surface area contributed by atoms with Gasteiger partial charge in [-0.05, 0) is 52.1 Å². The zero-order chi connectivity index (χ0) is 13.2. The molecule has 18 heavy (non-hydrogen) atoms. The third-order valence-electron chi connectivity index (χ3n) is 4.90. The van der Waals surface area contributed by atoms with Crippen molar-refractivity contribution in [2.45, 2.75) is 64.1 Å². The summed E-state index contributed by atoms with van der Waals surface area (Å²) >= 11 is 0. The van der Waals surface area contributed by atoms with Crippen LogP contribution in [-0.4, -0.2) is 49.3 Å². The third-order valence-corrected chi connectivity index (χ3v) is 4.90. The van der Waals surface area contributed by atoms with E-state index in [0.29, 0.717) is 12.1 Å². The van der Waals surface area contributed by atoms with E-state index in [2.05, 4.69) is 38.0 Å². The van der Waals surface area contributed by atoms with Gasteiger partial charge in [0.1, 0.15) is 0 Å². The van der Waals surface area contributed by atoms with Crippen molar-refractivity contribution in [2.75, 3.05) is 26.7 Å². The number of nitrogens with one attached hydrogen (secondary N) is 1. The van der Waals surface area contributed by atoms with Crippen molar-refractivity contribution in [3.05, 3.63) is 0 Å². The van der Waals surface area contributed by atoms with Crippen molar-refractivity contribution >= 4 is 0 Å². The van der Waals surface area contributed by atoms with Gasteiger partial charge in [0.15, 0.2) is 0 Å². The molecule has 2 aliphatic rings. The van der Waals surface area contributed by atoms with Crippen LogP contribution in [0.4, 0.5) is 0 Å². The molecule has 0 aromatic heterocycles. The first kappa shape index (κ1) is 14.3. The highest BCUT2D eigenvalue weighted by Crippen LogP contribution is 2.29. The normalized spacial score (nSPS) is 43.0. The van der Waals surface area contributed by atoms with E-state index in [1.54, 1.807) is 0 Å². The summed E-state index contributed by atoms with van der Waals surface area (Å²) in [6.45, 7) is 10.3. The Kier molecular flexibility index (Phi) is 4.68. The molecule has 2 aliphatic heterocycles. The lowest BCUT2D eigenvalue weighted by molar-refractivity contribution is -0.0805. The van der Waals surface area contributed by atoms with Gasteiger partial charge in [0.2, 0.25) is 0 Å². The van der Waals surface area contributed by atoms with Crippen LogP contribution in [-0.2, 0) is 4.74 Å². The molecule has 2 rings (SSSR count). The van der Waals surface area contributed by atoms with Gasteiger partial charge >= 0.3 is 0 Å². The van der Waals surface area contributed by atoms with Crippen molar-refractivity contribution in [1.29, 1.82) is 0 Å². The number of hydrogen-bond donors (Lipinski definition) is 1. The van der Waals surface area contributed by atoms with Crippen LogP contribution in [0.2, 0.25) is 0 Å². The molecule has 2 saturated heterocycles. The number of ether oxygens (including phenoxy) is 1. The summed E-state index contributed by atoms with van der Waals surface area (Å²) in [5.74, 6) is 0.763. The first-order chi connectivity index (χ1) is 8.52. The molecule has 4 unspecified atom stereocenters. The molecule has 0 aliphatic carbocycles. The first-order valence-electron chi connectivity index (χ1n) is 7.61. The largest absolute Gasteiger partial charge is 0.375 e. The lowest BCUT2D eigenvalue weighted by Crippen LogP contribution is -2.53. The maximum absolute atomic E-state index is 5.93. The van der Waals surface area contributed by atoms with Gasteiger partial charge in [-0.1, -0.05) is 13.8 Å². The average Bonchev–Trinajstić information content (AvgIpc) is 2.33. The highest BCUT2D eigenvalue weighted by Gasteiger charge is 2.34. The van der Waals surface area contributed by atoms with Gasteiger partial charge < -0.3 is 15.0 Å². The van der Waals surface area contributed by atoms with E-state index in [4.69, 9.17) is 4.74 Å². The molecule has 3 nitrogen and oxygen atoms in total. The number of hydrogen-bond acceptors (Lipinski definition) is 3. The van der Waals surface area contributed by atoms with E-state index >= 15 is 0 Å². The number of rotatable bonds is 3. The fourth-order valence-corrected chi connectivity index (χ4v) is 3.42. The monoisotopic (exact) mass is 254 g/mol. The maximum atomic E-state index is 5.93. The van der Waals surface area contributed by atoms with E-state index in [0.717, 1.165) is 18.9 Å². The predicted molar refractivity (Wildman–Crippen MR) is 75.9 cm³/mol. The number of nitrogens with zero attached hydrogens (tertiary/aromatic N) is 1. The predicted octanol–water partition coefficient (Wildman–Crippen LogP) is 2.26. The van der Waals surface area contributed by atoms with Gasteiger partial charge in [0.05, 0.1) is 5.60 Å². The van der Waals surface area contributed by atoms with Crippen LogP contribution in [0.15, 0.2) is 0 Å². The Labute approximate surface area is 112 Å². The van der Waals surface area contributed by atoms with Crippen molar-refractivity contribution in [3.8, 4) is 0 Å². The highest BCUT2D eigenvalue weighted by atomic mass is 16.5. The Morgan fingerprint density at radius 3 is 2.83 bits per heavy atom. The van der Waals surface area contributed by atoms with Gasteiger partial charge in [-0.3, -0.25) is 0 Å². The van der Waals surface area contributed by atoms with Crippen LogP contribution in [0.3, 0.4) is 0 Å². The Hall–Kier alpha value is -0.120. The number of likely N-dealkylation sites (tertiary alicyclic amines) is 1. The smallest absolute Gasteiger partial charge is 0.0666 e. The van der Waals surface area contributed by atoms with E-state index in [-0.39, 0.29) is 5.60 Å². The van der Waals surface area contributed by atoms with Crippen LogP contribution in [0.1, 0.15) is 46.5 Å². The molecular formula is C15H30N2O. The van der Waals surface area contributed by atoms with E-state index in [9.17, 15) is 0 Å². The summed E-state index contributed by atoms with van der Waals surface area (Å²) in [7, 11) is 2.23. The highest BCUT2D eigenvalue weighted by molar-refractivity contribution is 4.90. The van der Waals surface area contributed by atoms with Crippen molar-refractivity contribution < 1.29 is 4.74 Å². The average molecular weight is 254 g/mol. The standard InChI is InChI=1S/C15H30N2O/c1-5-15(3)10-13(7-9-18-15)16-14-6-8-17(4)11-12(14)2/h12-14,16H,5-11H2,1-4H3. The Balaban J connectivity index is 1.85. The van der Waals surface area contributed by atoms with Gasteiger partial charge in [-0.2, -0.15) is 0 Å². The SMILES string of the molecule is CCC1(C)CC(NC2CCN(C)CC2C)CCO1. The summed E-state index contributed by atoms with van der Waals surface area (Å²) in [4.78, 5) is 2.45. The molecule has 0 aromatic carbocycles. The molecule has 106 valence electrons. The molecule has 2 heterocycles. The first-order valence-corrected chi connectivity index (χ1v) is 7.61. The van der Waals surface area contributed by atoms with Gasteiger partial charge in [-0.15, -0.1) is 0 Å². The topological polar surface area (TPSA) is 24.5 Å². The van der Waals surface area contributed by atoms with E-state index in [1.807, 2.05) is 0 Å². The van der Waals surface area contributed by atoms with Gasteiger partial charge in [0, 0.05) is 25.2 Å². The molecule has 0 bridgehead atoms. The molecule has 3 heteroatoms. The molecule has 1 N–H and O–H groups in total. The zero-order valence-electron chi connectivity index (χ0n) is 12.5. The molecule has 4 atom stereocenters. The second-order valence-corrected chi connectivity index (χ2v) is 6.64. The number of piperidine rings is 1. The molecule has 0 aromatic rings. The maximum Gasteiger partial charge on any atom is 0.0666 e. The third kappa shape index (κ3) is 3.46.